The molecule has 1 aromatic heterocycles. The predicted molar refractivity (Wildman–Crippen MR) is 77.9 cm³/mol. The van der Waals surface area contributed by atoms with E-state index in [9.17, 15) is 19.5 Å². The van der Waals surface area contributed by atoms with Crippen molar-refractivity contribution in [3.8, 4) is 5.69 Å². The second kappa shape index (κ2) is 7.87. The van der Waals surface area contributed by atoms with Crippen LogP contribution in [0.25, 0.3) is 5.69 Å². The summed E-state index contributed by atoms with van der Waals surface area (Å²) in [7, 11) is 1.10. The first-order valence-electron chi connectivity index (χ1n) is 6.06. The number of carbonyl (C=O) groups excluding carboxylic acids is 2. The number of halogens is 1. The first kappa shape index (κ1) is 19.6. The third kappa shape index (κ3) is 3.89. The first-order valence-corrected chi connectivity index (χ1v) is 6.85. The van der Waals surface area contributed by atoms with Gasteiger partial charge in [-0.15, -0.1) is 0 Å². The number of aromatic carboxylic acids is 1. The zero-order chi connectivity index (χ0) is 16.4. The predicted octanol–water partition coefficient (Wildman–Crippen LogP) is -2.54. The van der Waals surface area contributed by atoms with Gasteiger partial charge in [0.05, 0.1) is 24.5 Å². The minimum Gasteiger partial charge on any atom is -0.543 e. The topological polar surface area (TPSA) is 101 Å². The Labute approximate surface area is 161 Å². The molecule has 7 nitrogen and oxygen atoms in total. The Morgan fingerprint density at radius 1 is 1.26 bits per heavy atom. The number of nitrogens with zero attached hydrogens (tertiary/aromatic N) is 2. The van der Waals surface area contributed by atoms with E-state index in [2.05, 4.69) is 25.8 Å². The molecule has 0 amide bonds. The van der Waals surface area contributed by atoms with Crippen LogP contribution >= 0.6 is 15.9 Å². The number of esters is 1. The Balaban J connectivity index is 0.00000264. The molecule has 0 fully saturated rings. The van der Waals surface area contributed by atoms with Gasteiger partial charge in [-0.05, 0) is 31.2 Å². The molecule has 0 atom stereocenters. The summed E-state index contributed by atoms with van der Waals surface area (Å²) >= 11 is 3.28. The number of carbonyl (C=O) groups is 2. The maximum atomic E-state index is 12.1. The summed E-state index contributed by atoms with van der Waals surface area (Å²) in [6.07, 6.45) is 0. The Morgan fingerprint density at radius 3 is 2.30 bits per heavy atom. The number of ether oxygens (including phenoxy) is 1. The number of hydrogen-bond acceptors (Lipinski definition) is 6. The Bertz CT molecular complexity index is 817. The summed E-state index contributed by atoms with van der Waals surface area (Å²) in [4.78, 5) is 34.9. The average Bonchev–Trinajstić information content (AvgIpc) is 2.48. The molecule has 2 aromatic rings. The first-order chi connectivity index (χ1) is 10.4. The molecule has 1 aromatic carbocycles. The Hall–Kier alpha value is -1.48. The van der Waals surface area contributed by atoms with Gasteiger partial charge in [-0.25, -0.2) is 9.48 Å². The van der Waals surface area contributed by atoms with Crippen molar-refractivity contribution in [1.29, 1.82) is 0 Å². The van der Waals surface area contributed by atoms with Crippen molar-refractivity contribution in [3.63, 3.8) is 0 Å². The number of hydrogen-bond donors (Lipinski definition) is 0. The maximum absolute atomic E-state index is 12.1. The van der Waals surface area contributed by atoms with Crippen molar-refractivity contribution in [3.05, 3.63) is 55.9 Å². The van der Waals surface area contributed by atoms with Crippen LogP contribution in [-0.4, -0.2) is 28.8 Å². The van der Waals surface area contributed by atoms with E-state index in [0.717, 1.165) is 11.6 Å². The summed E-state index contributed by atoms with van der Waals surface area (Å²) in [5, 5.41) is 14.9. The van der Waals surface area contributed by atoms with E-state index in [4.69, 9.17) is 0 Å². The van der Waals surface area contributed by atoms with Crippen LogP contribution < -0.4 is 40.1 Å². The van der Waals surface area contributed by atoms with E-state index in [1.54, 1.807) is 24.3 Å². The van der Waals surface area contributed by atoms with Crippen molar-refractivity contribution in [2.24, 2.45) is 0 Å². The zero-order valence-corrected chi connectivity index (χ0v) is 16.2. The Morgan fingerprint density at radius 2 is 1.83 bits per heavy atom. The van der Waals surface area contributed by atoms with E-state index in [1.807, 2.05) is 0 Å². The van der Waals surface area contributed by atoms with E-state index < -0.39 is 23.1 Å². The molecule has 0 saturated carbocycles. The van der Waals surface area contributed by atoms with E-state index in [0.29, 0.717) is 5.69 Å². The molecule has 0 aliphatic carbocycles. The summed E-state index contributed by atoms with van der Waals surface area (Å²) < 4.78 is 6.54. The smallest absolute Gasteiger partial charge is 0.543 e. The van der Waals surface area contributed by atoms with Gasteiger partial charge in [0.1, 0.15) is 5.56 Å². The van der Waals surface area contributed by atoms with Crippen LogP contribution in [0, 0.1) is 6.92 Å². The van der Waals surface area contributed by atoms with Crippen LogP contribution in [0.1, 0.15) is 26.5 Å². The molecule has 114 valence electrons. The van der Waals surface area contributed by atoms with Gasteiger partial charge < -0.3 is 14.6 Å². The number of aromatic nitrogens is 2. The van der Waals surface area contributed by atoms with Crippen LogP contribution in [-0.2, 0) is 4.74 Å². The summed E-state index contributed by atoms with van der Waals surface area (Å²) in [5.41, 5.74) is -1.62. The molecular weight excluding hydrogens is 379 g/mol. The molecule has 0 saturated heterocycles. The average molecular weight is 389 g/mol. The number of carboxylic acid groups (broad SMARTS) is 1. The van der Waals surface area contributed by atoms with Crippen molar-refractivity contribution in [1.82, 2.24) is 9.78 Å². The standard InChI is InChI=1S/C14H11BrN2O5.Na/c1-7-10(14(21)22-2)12(18)11(13(19)20)16-17(7)9-5-3-8(15)4-6-9;/h3-6H,1-2H3,(H,19,20);/q;+1/p-1. The van der Waals surface area contributed by atoms with Crippen molar-refractivity contribution >= 4 is 27.9 Å². The van der Waals surface area contributed by atoms with Gasteiger partial charge in [0.15, 0.2) is 5.69 Å². The van der Waals surface area contributed by atoms with Gasteiger partial charge in [-0.3, -0.25) is 4.79 Å². The number of carboxylic acids is 1. The van der Waals surface area contributed by atoms with Gasteiger partial charge >= 0.3 is 35.5 Å². The van der Waals surface area contributed by atoms with Crippen LogP contribution in [0.3, 0.4) is 0 Å². The molecule has 0 radical (unpaired) electrons. The van der Waals surface area contributed by atoms with Crippen molar-refractivity contribution in [2.45, 2.75) is 6.92 Å². The minimum absolute atomic E-state index is 0. The quantitative estimate of drug-likeness (QED) is 0.424. The van der Waals surface area contributed by atoms with Gasteiger partial charge in [-0.1, -0.05) is 15.9 Å². The molecule has 0 aliphatic rings. The molecule has 0 N–H and O–H groups in total. The second-order valence-electron chi connectivity index (χ2n) is 4.31. The SMILES string of the molecule is COC(=O)c1c(C)n(-c2ccc(Br)cc2)nc(C(=O)[O-])c1=O.[Na+]. The van der Waals surface area contributed by atoms with E-state index >= 15 is 0 Å². The number of benzene rings is 1. The van der Waals surface area contributed by atoms with E-state index in [-0.39, 0.29) is 40.8 Å². The molecule has 0 bridgehead atoms. The molecule has 0 spiro atoms. The zero-order valence-electron chi connectivity index (χ0n) is 12.6. The van der Waals surface area contributed by atoms with Gasteiger partial charge in [-0.2, -0.15) is 5.10 Å². The van der Waals surface area contributed by atoms with Crippen LogP contribution in [0.4, 0.5) is 0 Å². The summed E-state index contributed by atoms with van der Waals surface area (Å²) in [6.45, 7) is 1.47. The molecule has 9 heteroatoms. The normalized spacial score (nSPS) is 9.87. The Kier molecular flexibility index (Phi) is 6.69. The molecule has 23 heavy (non-hydrogen) atoms. The number of methoxy groups -OCH3 is 1. The summed E-state index contributed by atoms with van der Waals surface area (Å²) in [5.74, 6) is -2.70. The molecular formula is C14H10BrN2NaO5. The maximum Gasteiger partial charge on any atom is 1.00 e. The van der Waals surface area contributed by atoms with Crippen LogP contribution in [0.5, 0.6) is 0 Å². The largest absolute Gasteiger partial charge is 1.00 e. The van der Waals surface area contributed by atoms with E-state index in [1.165, 1.54) is 11.6 Å². The van der Waals surface area contributed by atoms with Crippen molar-refractivity contribution in [2.75, 3.05) is 7.11 Å². The third-order valence-corrected chi connectivity index (χ3v) is 3.50. The fourth-order valence-electron chi connectivity index (χ4n) is 1.92. The molecule has 1 heterocycles. The van der Waals surface area contributed by atoms with Gasteiger partial charge in [0, 0.05) is 4.47 Å². The van der Waals surface area contributed by atoms with Crippen LogP contribution in [0.15, 0.2) is 33.5 Å². The fourth-order valence-corrected chi connectivity index (χ4v) is 2.18. The van der Waals surface area contributed by atoms with Crippen molar-refractivity contribution < 1.29 is 49.0 Å². The monoisotopic (exact) mass is 388 g/mol. The van der Waals surface area contributed by atoms with Gasteiger partial charge in [0.2, 0.25) is 5.43 Å². The molecule has 0 unspecified atom stereocenters. The number of rotatable bonds is 3. The third-order valence-electron chi connectivity index (χ3n) is 2.98. The minimum atomic E-state index is -1.76. The summed E-state index contributed by atoms with van der Waals surface area (Å²) in [6, 6.07) is 6.72. The fraction of sp³-hybridized carbons (Fsp3) is 0.143. The second-order valence-corrected chi connectivity index (χ2v) is 5.22. The van der Waals surface area contributed by atoms with Gasteiger partial charge in [0.25, 0.3) is 0 Å². The molecule has 2 rings (SSSR count). The molecule has 0 aliphatic heterocycles. The van der Waals surface area contributed by atoms with Crippen LogP contribution in [0.2, 0.25) is 0 Å².